The van der Waals surface area contributed by atoms with Crippen LogP contribution in [0.5, 0.6) is 0 Å². The Hall–Kier alpha value is -1.37. The van der Waals surface area contributed by atoms with Crippen LogP contribution in [-0.2, 0) is 26.8 Å². The molecule has 1 aromatic carbocycles. The van der Waals surface area contributed by atoms with Crippen molar-refractivity contribution in [2.75, 3.05) is 12.9 Å². The predicted molar refractivity (Wildman–Crippen MR) is 59.5 cm³/mol. The Morgan fingerprint density at radius 1 is 1.28 bits per heavy atom. The summed E-state index contributed by atoms with van der Waals surface area (Å²) in [5.74, 6) is -1.82. The first-order valence-electron chi connectivity index (χ1n) is 4.92. The molecular weight excluding hydrogens is 269 g/mol. The normalized spacial score (nSPS) is 13.1. The van der Waals surface area contributed by atoms with Crippen LogP contribution >= 0.6 is 0 Å². The molecule has 0 N–H and O–H groups in total. The molecule has 0 bridgehead atoms. The van der Waals surface area contributed by atoms with Crippen molar-refractivity contribution in [3.05, 3.63) is 29.8 Å². The van der Waals surface area contributed by atoms with Gasteiger partial charge in [-0.3, -0.25) is 9.00 Å². The summed E-state index contributed by atoms with van der Waals surface area (Å²) in [6.07, 6.45) is -4.43. The number of methoxy groups -OCH3 is 1. The zero-order valence-electron chi connectivity index (χ0n) is 9.49. The highest BCUT2D eigenvalue weighted by atomic mass is 32.2. The second kappa shape index (κ2) is 5.99. The SMILES string of the molecule is COC(=O)Cc1ccc(S(=O)CC(F)(F)F)cc1. The molecule has 0 saturated heterocycles. The zero-order chi connectivity index (χ0) is 13.8. The van der Waals surface area contributed by atoms with Crippen LogP contribution < -0.4 is 0 Å². The van der Waals surface area contributed by atoms with E-state index in [0.717, 1.165) is 0 Å². The first kappa shape index (κ1) is 14.7. The molecule has 0 radical (unpaired) electrons. The van der Waals surface area contributed by atoms with Gasteiger partial charge in [0.1, 0.15) is 5.75 Å². The number of halogens is 3. The maximum absolute atomic E-state index is 12.0. The second-order valence-electron chi connectivity index (χ2n) is 3.50. The summed E-state index contributed by atoms with van der Waals surface area (Å²) in [5, 5.41) is 0. The topological polar surface area (TPSA) is 43.4 Å². The van der Waals surface area contributed by atoms with Gasteiger partial charge in [0.15, 0.2) is 0 Å². The second-order valence-corrected chi connectivity index (χ2v) is 4.95. The van der Waals surface area contributed by atoms with Gasteiger partial charge in [-0.1, -0.05) is 12.1 Å². The summed E-state index contributed by atoms with van der Waals surface area (Å²) in [7, 11) is -0.872. The molecule has 0 aliphatic rings. The van der Waals surface area contributed by atoms with Crippen molar-refractivity contribution in [1.29, 1.82) is 0 Å². The molecule has 1 unspecified atom stereocenters. The quantitative estimate of drug-likeness (QED) is 0.793. The van der Waals surface area contributed by atoms with Crippen LogP contribution in [0.2, 0.25) is 0 Å². The predicted octanol–water partition coefficient (Wildman–Crippen LogP) is 2.07. The molecule has 1 atom stereocenters. The maximum Gasteiger partial charge on any atom is 0.400 e. The van der Waals surface area contributed by atoms with Gasteiger partial charge in [0.05, 0.1) is 24.3 Å². The van der Waals surface area contributed by atoms with E-state index in [4.69, 9.17) is 0 Å². The van der Waals surface area contributed by atoms with Gasteiger partial charge in [0, 0.05) is 4.90 Å². The standard InChI is InChI=1S/C11H11F3O3S/c1-17-10(15)6-8-2-4-9(5-3-8)18(16)7-11(12,13)14/h2-5H,6-7H2,1H3. The van der Waals surface area contributed by atoms with E-state index in [1.807, 2.05) is 0 Å². The monoisotopic (exact) mass is 280 g/mol. The number of rotatable bonds is 4. The molecule has 1 aromatic rings. The highest BCUT2D eigenvalue weighted by Crippen LogP contribution is 2.20. The Balaban J connectivity index is 2.71. The lowest BCUT2D eigenvalue weighted by Gasteiger charge is -2.06. The van der Waals surface area contributed by atoms with E-state index in [2.05, 4.69) is 4.74 Å². The molecule has 0 aliphatic carbocycles. The number of esters is 1. The van der Waals surface area contributed by atoms with E-state index in [1.165, 1.54) is 31.4 Å². The largest absolute Gasteiger partial charge is 0.469 e. The van der Waals surface area contributed by atoms with Crippen LogP contribution in [0.1, 0.15) is 5.56 Å². The number of hydrogen-bond donors (Lipinski definition) is 0. The van der Waals surface area contributed by atoms with Crippen molar-refractivity contribution in [2.24, 2.45) is 0 Å². The van der Waals surface area contributed by atoms with Crippen LogP contribution in [0.3, 0.4) is 0 Å². The number of alkyl halides is 3. The summed E-state index contributed by atoms with van der Waals surface area (Å²) in [6.45, 7) is 0. The van der Waals surface area contributed by atoms with Gasteiger partial charge in [0.2, 0.25) is 0 Å². The number of benzene rings is 1. The number of carbonyl (C=O) groups is 1. The van der Waals surface area contributed by atoms with Gasteiger partial charge in [-0.15, -0.1) is 0 Å². The molecule has 0 aromatic heterocycles. The molecule has 3 nitrogen and oxygen atoms in total. The van der Waals surface area contributed by atoms with Crippen molar-refractivity contribution in [2.45, 2.75) is 17.5 Å². The minimum Gasteiger partial charge on any atom is -0.469 e. The number of ether oxygens (including phenoxy) is 1. The molecule has 1 rings (SSSR count). The Labute approximate surface area is 104 Å². The van der Waals surface area contributed by atoms with E-state index < -0.39 is 28.7 Å². The van der Waals surface area contributed by atoms with Crippen LogP contribution in [0, 0.1) is 0 Å². The van der Waals surface area contributed by atoms with E-state index in [9.17, 15) is 22.2 Å². The van der Waals surface area contributed by atoms with Crippen molar-refractivity contribution < 1.29 is 26.9 Å². The fourth-order valence-electron chi connectivity index (χ4n) is 1.23. The van der Waals surface area contributed by atoms with Crippen molar-refractivity contribution in [3.63, 3.8) is 0 Å². The Morgan fingerprint density at radius 2 is 1.83 bits per heavy atom. The lowest BCUT2D eigenvalue weighted by molar-refractivity contribution is -0.139. The third kappa shape index (κ3) is 4.87. The Bertz CT molecular complexity index is 440. The average molecular weight is 280 g/mol. The summed E-state index contributed by atoms with van der Waals surface area (Å²) >= 11 is 0. The van der Waals surface area contributed by atoms with Crippen molar-refractivity contribution in [3.8, 4) is 0 Å². The van der Waals surface area contributed by atoms with E-state index >= 15 is 0 Å². The van der Waals surface area contributed by atoms with Crippen molar-refractivity contribution in [1.82, 2.24) is 0 Å². The summed E-state index contributed by atoms with van der Waals surface area (Å²) < 4.78 is 51.9. The van der Waals surface area contributed by atoms with Crippen LogP contribution in [-0.4, -0.2) is 29.2 Å². The molecular formula is C11H11F3O3S. The third-order valence-electron chi connectivity index (χ3n) is 2.06. The fraction of sp³-hybridized carbons (Fsp3) is 0.364. The minimum absolute atomic E-state index is 0.0304. The highest BCUT2D eigenvalue weighted by Gasteiger charge is 2.30. The first-order valence-corrected chi connectivity index (χ1v) is 6.24. The Kier molecular flexibility index (Phi) is 4.89. The first-order chi connectivity index (χ1) is 8.31. The minimum atomic E-state index is -4.46. The Morgan fingerprint density at radius 3 is 2.28 bits per heavy atom. The summed E-state index contributed by atoms with van der Waals surface area (Å²) in [4.78, 5) is 11.0. The molecule has 18 heavy (non-hydrogen) atoms. The third-order valence-corrected chi connectivity index (χ3v) is 3.44. The van der Waals surface area contributed by atoms with Crippen LogP contribution in [0.25, 0.3) is 0 Å². The lowest BCUT2D eigenvalue weighted by Crippen LogP contribution is -2.18. The van der Waals surface area contributed by atoms with Gasteiger partial charge in [0.25, 0.3) is 0 Å². The number of hydrogen-bond acceptors (Lipinski definition) is 3. The summed E-state index contributed by atoms with van der Waals surface area (Å²) in [5.41, 5.74) is 0.592. The van der Waals surface area contributed by atoms with Crippen LogP contribution in [0.4, 0.5) is 13.2 Å². The average Bonchev–Trinajstić information content (AvgIpc) is 2.27. The number of carbonyl (C=O) groups excluding carboxylic acids is 1. The molecule has 0 amide bonds. The van der Waals surface area contributed by atoms with E-state index in [0.29, 0.717) is 5.56 Å². The van der Waals surface area contributed by atoms with Gasteiger partial charge < -0.3 is 4.74 Å². The zero-order valence-corrected chi connectivity index (χ0v) is 10.3. The molecule has 0 spiro atoms. The van der Waals surface area contributed by atoms with Gasteiger partial charge >= 0.3 is 12.1 Å². The molecule has 7 heteroatoms. The molecule has 0 fully saturated rings. The molecule has 0 saturated carbocycles. The van der Waals surface area contributed by atoms with Crippen LogP contribution in [0.15, 0.2) is 29.2 Å². The molecule has 100 valence electrons. The van der Waals surface area contributed by atoms with Gasteiger partial charge in [-0.05, 0) is 17.7 Å². The molecule has 0 heterocycles. The van der Waals surface area contributed by atoms with Gasteiger partial charge in [-0.2, -0.15) is 13.2 Å². The smallest absolute Gasteiger partial charge is 0.400 e. The lowest BCUT2D eigenvalue weighted by atomic mass is 10.2. The van der Waals surface area contributed by atoms with Gasteiger partial charge in [-0.25, -0.2) is 0 Å². The summed E-state index contributed by atoms with van der Waals surface area (Å²) in [6, 6.07) is 5.56. The highest BCUT2D eigenvalue weighted by molar-refractivity contribution is 7.85. The fourth-order valence-corrected chi connectivity index (χ4v) is 2.13. The molecule has 0 aliphatic heterocycles. The van der Waals surface area contributed by atoms with E-state index in [-0.39, 0.29) is 11.3 Å². The van der Waals surface area contributed by atoms with E-state index in [1.54, 1.807) is 0 Å². The van der Waals surface area contributed by atoms with Crippen molar-refractivity contribution >= 4 is 16.8 Å². The maximum atomic E-state index is 12.0.